The van der Waals surface area contributed by atoms with E-state index >= 15 is 0 Å². The van der Waals surface area contributed by atoms with E-state index in [-0.39, 0.29) is 0 Å². The number of hydrogen-bond acceptors (Lipinski definition) is 3. The van der Waals surface area contributed by atoms with Crippen molar-refractivity contribution in [2.24, 2.45) is 5.73 Å². The molecule has 0 unspecified atom stereocenters. The molecule has 0 radical (unpaired) electrons. The van der Waals surface area contributed by atoms with E-state index < -0.39 is 0 Å². The van der Waals surface area contributed by atoms with Gasteiger partial charge >= 0.3 is 0 Å². The second kappa shape index (κ2) is 4.07. The highest BCUT2D eigenvalue weighted by Crippen LogP contribution is 2.25. The summed E-state index contributed by atoms with van der Waals surface area (Å²) in [5.41, 5.74) is 8.95. The van der Waals surface area contributed by atoms with Crippen LogP contribution >= 0.6 is 11.8 Å². The number of fused-ring (bicyclic) bond motifs is 1. The number of furan rings is 1. The van der Waals surface area contributed by atoms with E-state index in [2.05, 4.69) is 12.3 Å². The molecule has 0 saturated heterocycles. The second-order valence-electron chi connectivity index (χ2n) is 3.23. The highest BCUT2D eigenvalue weighted by atomic mass is 32.2. The molecule has 0 spiro atoms. The Labute approximate surface area is 87.5 Å². The predicted molar refractivity (Wildman–Crippen MR) is 61.3 cm³/mol. The van der Waals surface area contributed by atoms with Crippen LogP contribution in [0, 0.1) is 0 Å². The summed E-state index contributed by atoms with van der Waals surface area (Å²) < 4.78 is 5.45. The average molecular weight is 207 g/mol. The van der Waals surface area contributed by atoms with Crippen LogP contribution in [-0.4, -0.2) is 6.26 Å². The van der Waals surface area contributed by atoms with Gasteiger partial charge in [-0.05, 0) is 24.0 Å². The summed E-state index contributed by atoms with van der Waals surface area (Å²) >= 11 is 1.80. The normalized spacial score (nSPS) is 11.0. The molecule has 3 heteroatoms. The molecule has 1 aromatic heterocycles. The summed E-state index contributed by atoms with van der Waals surface area (Å²) in [4.78, 5) is 0. The van der Waals surface area contributed by atoms with Crippen LogP contribution in [0.15, 0.2) is 28.9 Å². The van der Waals surface area contributed by atoms with Gasteiger partial charge in [0.25, 0.3) is 0 Å². The Morgan fingerprint density at radius 2 is 2.29 bits per heavy atom. The van der Waals surface area contributed by atoms with Crippen molar-refractivity contribution >= 4 is 22.7 Å². The zero-order chi connectivity index (χ0) is 9.97. The maximum absolute atomic E-state index is 5.60. The fraction of sp³-hybridized carbons (Fsp3) is 0.273. The second-order valence-corrected chi connectivity index (χ2v) is 4.09. The fourth-order valence-electron chi connectivity index (χ4n) is 1.52. The van der Waals surface area contributed by atoms with Crippen LogP contribution in [0.25, 0.3) is 11.0 Å². The van der Waals surface area contributed by atoms with Gasteiger partial charge in [-0.15, -0.1) is 0 Å². The molecule has 0 bridgehead atoms. The van der Waals surface area contributed by atoms with Gasteiger partial charge in [0.2, 0.25) is 0 Å². The predicted octanol–water partition coefficient (Wildman–Crippen LogP) is 2.75. The smallest absolute Gasteiger partial charge is 0.134 e. The molecule has 1 heterocycles. The van der Waals surface area contributed by atoms with Crippen molar-refractivity contribution in [3.8, 4) is 0 Å². The van der Waals surface area contributed by atoms with Gasteiger partial charge in [-0.3, -0.25) is 0 Å². The molecule has 0 aliphatic carbocycles. The molecular weight excluding hydrogens is 194 g/mol. The standard InChI is InChI=1S/C11H13NOS/c1-14-7-9-6-13-11-3-2-8(5-12)4-10(9)11/h2-4,6H,5,7,12H2,1H3. The van der Waals surface area contributed by atoms with Gasteiger partial charge in [0.1, 0.15) is 5.58 Å². The molecule has 0 aliphatic rings. The van der Waals surface area contributed by atoms with Crippen molar-refractivity contribution in [1.82, 2.24) is 0 Å². The molecular formula is C11H13NOS. The van der Waals surface area contributed by atoms with Crippen LogP contribution in [0.3, 0.4) is 0 Å². The molecule has 1 aromatic carbocycles. The lowest BCUT2D eigenvalue weighted by atomic mass is 10.1. The number of nitrogens with two attached hydrogens (primary N) is 1. The Morgan fingerprint density at radius 1 is 1.43 bits per heavy atom. The van der Waals surface area contributed by atoms with Crippen LogP contribution < -0.4 is 5.73 Å². The maximum atomic E-state index is 5.60. The van der Waals surface area contributed by atoms with Crippen LogP contribution in [-0.2, 0) is 12.3 Å². The molecule has 2 aromatic rings. The number of benzene rings is 1. The maximum Gasteiger partial charge on any atom is 0.134 e. The Kier molecular flexibility index (Phi) is 2.79. The molecule has 74 valence electrons. The number of hydrogen-bond donors (Lipinski definition) is 1. The van der Waals surface area contributed by atoms with E-state index in [1.54, 1.807) is 11.8 Å². The Balaban J connectivity index is 2.52. The van der Waals surface area contributed by atoms with Crippen molar-refractivity contribution in [2.75, 3.05) is 6.26 Å². The Morgan fingerprint density at radius 3 is 3.00 bits per heavy atom. The number of rotatable bonds is 3. The van der Waals surface area contributed by atoms with Gasteiger partial charge in [-0.2, -0.15) is 11.8 Å². The Bertz CT molecular complexity index is 436. The average Bonchev–Trinajstić information content (AvgIpc) is 2.61. The van der Waals surface area contributed by atoms with Crippen molar-refractivity contribution < 1.29 is 4.42 Å². The molecule has 2 rings (SSSR count). The largest absolute Gasteiger partial charge is 0.464 e. The third-order valence-electron chi connectivity index (χ3n) is 2.25. The van der Waals surface area contributed by atoms with E-state index in [0.717, 1.165) is 16.9 Å². The summed E-state index contributed by atoms with van der Waals surface area (Å²) in [7, 11) is 0. The van der Waals surface area contributed by atoms with Gasteiger partial charge in [-0.25, -0.2) is 0 Å². The van der Waals surface area contributed by atoms with Gasteiger partial charge in [-0.1, -0.05) is 6.07 Å². The van der Waals surface area contributed by atoms with Crippen LogP contribution in [0.5, 0.6) is 0 Å². The highest BCUT2D eigenvalue weighted by molar-refractivity contribution is 7.97. The minimum absolute atomic E-state index is 0.583. The summed E-state index contributed by atoms with van der Waals surface area (Å²) in [6, 6.07) is 6.11. The van der Waals surface area contributed by atoms with Gasteiger partial charge in [0, 0.05) is 23.2 Å². The lowest BCUT2D eigenvalue weighted by Crippen LogP contribution is -1.95. The first-order valence-corrected chi connectivity index (χ1v) is 5.92. The number of thioether (sulfide) groups is 1. The Hall–Kier alpha value is -0.930. The first kappa shape index (κ1) is 9.62. The minimum Gasteiger partial charge on any atom is -0.464 e. The lowest BCUT2D eigenvalue weighted by molar-refractivity contribution is 0.612. The molecule has 2 nitrogen and oxygen atoms in total. The van der Waals surface area contributed by atoms with Crippen molar-refractivity contribution in [1.29, 1.82) is 0 Å². The highest BCUT2D eigenvalue weighted by Gasteiger charge is 2.05. The molecule has 14 heavy (non-hydrogen) atoms. The third kappa shape index (κ3) is 1.65. The zero-order valence-corrected chi connectivity index (χ0v) is 8.93. The van der Waals surface area contributed by atoms with Gasteiger partial charge in [0.05, 0.1) is 6.26 Å². The molecule has 2 N–H and O–H groups in total. The van der Waals surface area contributed by atoms with E-state index in [0.29, 0.717) is 6.54 Å². The van der Waals surface area contributed by atoms with E-state index in [4.69, 9.17) is 10.2 Å². The van der Waals surface area contributed by atoms with E-state index in [1.165, 1.54) is 10.9 Å². The van der Waals surface area contributed by atoms with Crippen molar-refractivity contribution in [3.63, 3.8) is 0 Å². The van der Waals surface area contributed by atoms with Crippen molar-refractivity contribution in [2.45, 2.75) is 12.3 Å². The summed E-state index contributed by atoms with van der Waals surface area (Å²) in [6.07, 6.45) is 3.92. The topological polar surface area (TPSA) is 39.2 Å². The summed E-state index contributed by atoms with van der Waals surface area (Å²) in [5, 5.41) is 1.20. The summed E-state index contributed by atoms with van der Waals surface area (Å²) in [5.74, 6) is 0.987. The third-order valence-corrected chi connectivity index (χ3v) is 2.85. The minimum atomic E-state index is 0.583. The van der Waals surface area contributed by atoms with Crippen LogP contribution in [0.4, 0.5) is 0 Å². The summed E-state index contributed by atoms with van der Waals surface area (Å²) in [6.45, 7) is 0.583. The molecule has 0 amide bonds. The fourth-order valence-corrected chi connectivity index (χ4v) is 2.06. The molecule has 0 fully saturated rings. The zero-order valence-electron chi connectivity index (χ0n) is 8.12. The lowest BCUT2D eigenvalue weighted by Gasteiger charge is -1.97. The van der Waals surface area contributed by atoms with Crippen LogP contribution in [0.2, 0.25) is 0 Å². The van der Waals surface area contributed by atoms with Gasteiger partial charge < -0.3 is 10.2 Å². The van der Waals surface area contributed by atoms with Crippen molar-refractivity contribution in [3.05, 3.63) is 35.6 Å². The SMILES string of the molecule is CSCc1coc2ccc(CN)cc12. The van der Waals surface area contributed by atoms with Gasteiger partial charge in [0.15, 0.2) is 0 Å². The van der Waals surface area contributed by atoms with Crippen LogP contribution in [0.1, 0.15) is 11.1 Å². The molecule has 0 atom stereocenters. The van der Waals surface area contributed by atoms with E-state index in [1.807, 2.05) is 18.4 Å². The first-order chi connectivity index (χ1) is 6.85. The quantitative estimate of drug-likeness (QED) is 0.841. The van der Waals surface area contributed by atoms with E-state index in [9.17, 15) is 0 Å². The molecule has 0 saturated carbocycles. The molecule has 0 aliphatic heterocycles. The first-order valence-electron chi connectivity index (χ1n) is 4.53. The monoisotopic (exact) mass is 207 g/mol.